The van der Waals surface area contributed by atoms with E-state index in [9.17, 15) is 22.8 Å². The van der Waals surface area contributed by atoms with E-state index in [0.717, 1.165) is 6.07 Å². The lowest BCUT2D eigenvalue weighted by Gasteiger charge is -2.35. The van der Waals surface area contributed by atoms with Crippen LogP contribution in [0.1, 0.15) is 18.4 Å². The number of benzene rings is 1. The summed E-state index contributed by atoms with van der Waals surface area (Å²) in [6.07, 6.45) is -3.24. The van der Waals surface area contributed by atoms with E-state index in [0.29, 0.717) is 52.2 Å². The standard InChI is InChI=1S/C19H24F3N3O3/c20-19(21,22)15-3-1-2-4-16(15)23-17(26)13-24-7-5-14(6-8-24)18(27)25-9-11-28-12-10-25/h1-4,14H,5-13H2,(H,23,26). The number of piperidine rings is 1. The molecule has 0 unspecified atom stereocenters. The predicted octanol–water partition coefficient (Wildman–Crippen LogP) is 2.21. The molecule has 3 rings (SSSR count). The number of hydrogen-bond donors (Lipinski definition) is 1. The first-order valence-electron chi connectivity index (χ1n) is 9.39. The molecule has 6 nitrogen and oxygen atoms in total. The van der Waals surface area contributed by atoms with Gasteiger partial charge in [0, 0.05) is 19.0 Å². The number of hydrogen-bond acceptors (Lipinski definition) is 4. The molecule has 2 aliphatic heterocycles. The number of nitrogens with one attached hydrogen (secondary N) is 1. The predicted molar refractivity (Wildman–Crippen MR) is 96.6 cm³/mol. The third-order valence-corrected chi connectivity index (χ3v) is 5.13. The average molecular weight is 399 g/mol. The minimum absolute atomic E-state index is 0.00462. The highest BCUT2D eigenvalue weighted by molar-refractivity contribution is 5.93. The molecule has 1 aromatic carbocycles. The van der Waals surface area contributed by atoms with Gasteiger partial charge in [0.05, 0.1) is 31.0 Å². The number of carbonyl (C=O) groups excluding carboxylic acids is 2. The van der Waals surface area contributed by atoms with Crippen LogP contribution in [0.5, 0.6) is 0 Å². The topological polar surface area (TPSA) is 61.9 Å². The zero-order chi connectivity index (χ0) is 20.1. The van der Waals surface area contributed by atoms with Crippen molar-refractivity contribution in [3.05, 3.63) is 29.8 Å². The van der Waals surface area contributed by atoms with E-state index >= 15 is 0 Å². The fraction of sp³-hybridized carbons (Fsp3) is 0.579. The molecule has 0 bridgehead atoms. The fourth-order valence-electron chi connectivity index (χ4n) is 3.61. The van der Waals surface area contributed by atoms with Crippen LogP contribution in [-0.2, 0) is 20.5 Å². The summed E-state index contributed by atoms with van der Waals surface area (Å²) in [7, 11) is 0. The molecule has 2 saturated heterocycles. The first-order valence-corrected chi connectivity index (χ1v) is 9.39. The molecule has 2 fully saturated rings. The summed E-state index contributed by atoms with van der Waals surface area (Å²) in [6.45, 7) is 3.48. The number of ether oxygens (including phenoxy) is 1. The van der Waals surface area contributed by atoms with Crippen LogP contribution in [-0.4, -0.2) is 67.6 Å². The Morgan fingerprint density at radius 1 is 1.07 bits per heavy atom. The van der Waals surface area contributed by atoms with Crippen LogP contribution >= 0.6 is 0 Å². The number of para-hydroxylation sites is 1. The second-order valence-corrected chi connectivity index (χ2v) is 7.08. The van der Waals surface area contributed by atoms with Gasteiger partial charge >= 0.3 is 6.18 Å². The number of alkyl halides is 3. The van der Waals surface area contributed by atoms with Crippen LogP contribution in [0.4, 0.5) is 18.9 Å². The second-order valence-electron chi connectivity index (χ2n) is 7.08. The molecule has 1 aromatic rings. The van der Waals surface area contributed by atoms with Gasteiger partial charge in [-0.25, -0.2) is 0 Å². The normalized spacial score (nSPS) is 19.5. The number of likely N-dealkylation sites (tertiary alicyclic amines) is 1. The zero-order valence-electron chi connectivity index (χ0n) is 15.5. The van der Waals surface area contributed by atoms with E-state index in [4.69, 9.17) is 4.74 Å². The number of anilines is 1. The highest BCUT2D eigenvalue weighted by atomic mass is 19.4. The van der Waals surface area contributed by atoms with Gasteiger partial charge in [0.1, 0.15) is 0 Å². The van der Waals surface area contributed by atoms with Crippen molar-refractivity contribution < 1.29 is 27.5 Å². The summed E-state index contributed by atoms with van der Waals surface area (Å²) in [5, 5.41) is 2.36. The first kappa shape index (κ1) is 20.6. The zero-order valence-corrected chi connectivity index (χ0v) is 15.5. The SMILES string of the molecule is O=C(CN1CCC(C(=O)N2CCOCC2)CC1)Nc1ccccc1C(F)(F)F. The molecule has 0 saturated carbocycles. The first-order chi connectivity index (χ1) is 13.3. The molecule has 0 aliphatic carbocycles. The minimum Gasteiger partial charge on any atom is -0.378 e. The van der Waals surface area contributed by atoms with Crippen molar-refractivity contribution in [1.29, 1.82) is 0 Å². The summed E-state index contributed by atoms with van der Waals surface area (Å²) in [4.78, 5) is 28.4. The molecule has 2 aliphatic rings. The van der Waals surface area contributed by atoms with Crippen molar-refractivity contribution in [2.24, 2.45) is 5.92 Å². The molecule has 2 heterocycles. The molecule has 154 valence electrons. The van der Waals surface area contributed by atoms with Crippen molar-refractivity contribution in [3.8, 4) is 0 Å². The van der Waals surface area contributed by atoms with Crippen LogP contribution < -0.4 is 5.32 Å². The van der Waals surface area contributed by atoms with Crippen LogP contribution in [0.2, 0.25) is 0 Å². The molecule has 28 heavy (non-hydrogen) atoms. The molecule has 0 spiro atoms. The quantitative estimate of drug-likeness (QED) is 0.844. The molecule has 0 atom stereocenters. The van der Waals surface area contributed by atoms with Crippen LogP contribution in [0.15, 0.2) is 24.3 Å². The monoisotopic (exact) mass is 399 g/mol. The lowest BCUT2D eigenvalue weighted by atomic mass is 9.95. The smallest absolute Gasteiger partial charge is 0.378 e. The molecule has 1 N–H and O–H groups in total. The van der Waals surface area contributed by atoms with Gasteiger partial charge in [-0.15, -0.1) is 0 Å². The van der Waals surface area contributed by atoms with Gasteiger partial charge in [0.25, 0.3) is 0 Å². The third-order valence-electron chi connectivity index (χ3n) is 5.13. The Balaban J connectivity index is 1.48. The van der Waals surface area contributed by atoms with Gasteiger partial charge in [0.15, 0.2) is 0 Å². The maximum atomic E-state index is 13.0. The van der Waals surface area contributed by atoms with Gasteiger partial charge in [0.2, 0.25) is 11.8 Å². The summed E-state index contributed by atoms with van der Waals surface area (Å²) in [5.41, 5.74) is -1.10. The van der Waals surface area contributed by atoms with Crippen molar-refractivity contribution >= 4 is 17.5 Å². The van der Waals surface area contributed by atoms with Crippen molar-refractivity contribution in [1.82, 2.24) is 9.80 Å². The van der Waals surface area contributed by atoms with E-state index in [1.165, 1.54) is 18.2 Å². The summed E-state index contributed by atoms with van der Waals surface area (Å²) >= 11 is 0. The summed E-state index contributed by atoms with van der Waals surface area (Å²) < 4.78 is 44.3. The summed E-state index contributed by atoms with van der Waals surface area (Å²) in [6, 6.07) is 4.93. The number of rotatable bonds is 4. The third kappa shape index (κ3) is 5.23. The van der Waals surface area contributed by atoms with E-state index in [1.807, 2.05) is 9.80 Å². The van der Waals surface area contributed by atoms with Gasteiger partial charge in [-0.05, 0) is 38.1 Å². The lowest BCUT2D eigenvalue weighted by Crippen LogP contribution is -2.47. The van der Waals surface area contributed by atoms with Crippen LogP contribution in [0.25, 0.3) is 0 Å². The fourth-order valence-corrected chi connectivity index (χ4v) is 3.61. The van der Waals surface area contributed by atoms with Crippen molar-refractivity contribution in [3.63, 3.8) is 0 Å². The Kier molecular flexibility index (Phi) is 6.56. The van der Waals surface area contributed by atoms with Gasteiger partial charge in [-0.1, -0.05) is 12.1 Å². The molecule has 2 amide bonds. The largest absolute Gasteiger partial charge is 0.418 e. The number of morpholine rings is 1. The lowest BCUT2D eigenvalue weighted by molar-refractivity contribution is -0.141. The van der Waals surface area contributed by atoms with Gasteiger partial charge in [-0.2, -0.15) is 13.2 Å². The number of carbonyl (C=O) groups is 2. The maximum Gasteiger partial charge on any atom is 0.418 e. The van der Waals surface area contributed by atoms with Crippen molar-refractivity contribution in [2.45, 2.75) is 19.0 Å². The van der Waals surface area contributed by atoms with Crippen LogP contribution in [0.3, 0.4) is 0 Å². The number of nitrogens with zero attached hydrogens (tertiary/aromatic N) is 2. The van der Waals surface area contributed by atoms with E-state index < -0.39 is 17.6 Å². The minimum atomic E-state index is -4.53. The average Bonchev–Trinajstić information content (AvgIpc) is 2.68. The van der Waals surface area contributed by atoms with E-state index in [2.05, 4.69) is 5.32 Å². The Hall–Kier alpha value is -2.13. The van der Waals surface area contributed by atoms with Gasteiger partial charge < -0.3 is 15.0 Å². The Morgan fingerprint density at radius 2 is 1.71 bits per heavy atom. The van der Waals surface area contributed by atoms with E-state index in [1.54, 1.807) is 0 Å². The molecule has 9 heteroatoms. The molecule has 0 aromatic heterocycles. The Bertz CT molecular complexity index is 697. The Morgan fingerprint density at radius 3 is 2.36 bits per heavy atom. The van der Waals surface area contributed by atoms with E-state index in [-0.39, 0.29) is 24.1 Å². The maximum absolute atomic E-state index is 13.0. The highest BCUT2D eigenvalue weighted by Crippen LogP contribution is 2.34. The molecule has 0 radical (unpaired) electrons. The molecular weight excluding hydrogens is 375 g/mol. The van der Waals surface area contributed by atoms with Crippen LogP contribution in [0, 0.1) is 5.92 Å². The highest BCUT2D eigenvalue weighted by Gasteiger charge is 2.34. The Labute approximate surface area is 161 Å². The summed E-state index contributed by atoms with van der Waals surface area (Å²) in [5.74, 6) is -0.426. The molecular formula is C19H24F3N3O3. The van der Waals surface area contributed by atoms with Crippen molar-refractivity contribution in [2.75, 3.05) is 51.3 Å². The second kappa shape index (κ2) is 8.91. The number of amides is 2. The number of halogens is 3. The van der Waals surface area contributed by atoms with Gasteiger partial charge in [-0.3, -0.25) is 14.5 Å².